The van der Waals surface area contributed by atoms with Crippen LogP contribution in [0.1, 0.15) is 19.3 Å². The molecule has 3 unspecified atom stereocenters. The molecule has 2 N–H and O–H groups in total. The molecule has 1 aromatic rings. The highest BCUT2D eigenvalue weighted by Crippen LogP contribution is 2.41. The first-order valence-corrected chi connectivity index (χ1v) is 7.21. The third-order valence-corrected chi connectivity index (χ3v) is 4.69. The van der Waals surface area contributed by atoms with Crippen LogP contribution in [0.2, 0.25) is 0 Å². The largest absolute Gasteiger partial charge is 0.481 e. The number of aliphatic carboxylic acids is 1. The lowest BCUT2D eigenvalue weighted by atomic mass is 9.89. The van der Waals surface area contributed by atoms with E-state index in [0.717, 1.165) is 12.8 Å². The number of nitrogens with zero attached hydrogens (tertiary/aromatic N) is 2. The number of carbonyl (C=O) groups is 2. The molecule has 1 amide bonds. The lowest BCUT2D eigenvalue weighted by Crippen LogP contribution is -2.38. The van der Waals surface area contributed by atoms with Gasteiger partial charge in [-0.1, -0.05) is 0 Å². The fraction of sp³-hybridized carbons (Fsp3) is 0.583. The summed E-state index contributed by atoms with van der Waals surface area (Å²) in [5.41, 5.74) is 0. The van der Waals surface area contributed by atoms with Gasteiger partial charge in [0.25, 0.3) is 0 Å². The van der Waals surface area contributed by atoms with E-state index in [2.05, 4.69) is 10.3 Å². The van der Waals surface area contributed by atoms with Crippen LogP contribution in [0.5, 0.6) is 0 Å². The smallest absolute Gasteiger partial charge is 0.308 e. The zero-order chi connectivity index (χ0) is 13.4. The van der Waals surface area contributed by atoms with Crippen molar-refractivity contribution in [2.75, 3.05) is 11.9 Å². The number of aromatic nitrogens is 1. The summed E-state index contributed by atoms with van der Waals surface area (Å²) in [6, 6.07) is 0.262. The van der Waals surface area contributed by atoms with Crippen LogP contribution in [0.4, 0.5) is 5.13 Å². The Morgan fingerprint density at radius 3 is 3.00 bits per heavy atom. The van der Waals surface area contributed by atoms with E-state index >= 15 is 0 Å². The van der Waals surface area contributed by atoms with E-state index in [9.17, 15) is 9.59 Å². The van der Waals surface area contributed by atoms with Crippen molar-refractivity contribution in [1.82, 2.24) is 9.88 Å². The Hall–Kier alpha value is -1.47. The van der Waals surface area contributed by atoms with Crippen molar-refractivity contribution in [2.45, 2.75) is 31.3 Å². The topological polar surface area (TPSA) is 82.5 Å². The van der Waals surface area contributed by atoms with Crippen LogP contribution < -0.4 is 5.32 Å². The zero-order valence-electron chi connectivity index (χ0n) is 10.3. The number of carbonyl (C=O) groups excluding carboxylic acids is 1. The number of nitrogens with one attached hydrogen (secondary N) is 1. The Balaban J connectivity index is 1.61. The SMILES string of the molecule is O=C(CN1C2CCC1C(C(=O)O)C2)Nc1nccs1. The van der Waals surface area contributed by atoms with Crippen LogP contribution in [-0.2, 0) is 9.59 Å². The first kappa shape index (κ1) is 12.6. The highest BCUT2D eigenvalue weighted by molar-refractivity contribution is 7.13. The molecule has 1 aromatic heterocycles. The van der Waals surface area contributed by atoms with Gasteiger partial charge in [0.05, 0.1) is 12.5 Å². The number of fused-ring (bicyclic) bond motifs is 2. The molecule has 0 spiro atoms. The summed E-state index contributed by atoms with van der Waals surface area (Å²) < 4.78 is 0. The Labute approximate surface area is 114 Å². The average Bonchev–Trinajstić information content (AvgIpc) is 3.06. The minimum atomic E-state index is -0.738. The minimum Gasteiger partial charge on any atom is -0.481 e. The fourth-order valence-corrected chi connectivity index (χ4v) is 3.77. The van der Waals surface area contributed by atoms with E-state index in [1.54, 1.807) is 11.6 Å². The molecular formula is C12H15N3O3S. The summed E-state index contributed by atoms with van der Waals surface area (Å²) in [5.74, 6) is -1.16. The van der Waals surface area contributed by atoms with Crippen LogP contribution in [0, 0.1) is 5.92 Å². The molecule has 19 heavy (non-hydrogen) atoms. The summed E-state index contributed by atoms with van der Waals surface area (Å²) in [6.45, 7) is 0.263. The minimum absolute atomic E-state index is 0.0181. The molecule has 6 nitrogen and oxygen atoms in total. The maximum Gasteiger partial charge on any atom is 0.308 e. The second kappa shape index (κ2) is 4.90. The van der Waals surface area contributed by atoms with Gasteiger partial charge in [-0.05, 0) is 19.3 Å². The normalized spacial score (nSPS) is 29.6. The Bertz CT molecular complexity index is 490. The van der Waals surface area contributed by atoms with E-state index in [1.807, 2.05) is 4.90 Å². The van der Waals surface area contributed by atoms with Gasteiger partial charge in [-0.25, -0.2) is 4.98 Å². The van der Waals surface area contributed by atoms with Crippen LogP contribution in [-0.4, -0.2) is 45.5 Å². The molecule has 2 aliphatic rings. The maximum atomic E-state index is 11.9. The first-order valence-electron chi connectivity index (χ1n) is 6.33. The van der Waals surface area contributed by atoms with E-state index in [-0.39, 0.29) is 30.5 Å². The summed E-state index contributed by atoms with van der Waals surface area (Å²) in [6.07, 6.45) is 4.19. The van der Waals surface area contributed by atoms with E-state index in [0.29, 0.717) is 11.6 Å². The molecule has 3 rings (SSSR count). The van der Waals surface area contributed by atoms with Crippen molar-refractivity contribution >= 4 is 28.3 Å². The Morgan fingerprint density at radius 2 is 2.37 bits per heavy atom. The van der Waals surface area contributed by atoms with E-state index in [1.165, 1.54) is 11.3 Å². The van der Waals surface area contributed by atoms with Gasteiger partial charge >= 0.3 is 5.97 Å². The Kier molecular flexibility index (Phi) is 3.24. The van der Waals surface area contributed by atoms with Crippen LogP contribution >= 0.6 is 11.3 Å². The molecule has 102 valence electrons. The van der Waals surface area contributed by atoms with Gasteiger partial charge in [0, 0.05) is 23.7 Å². The first-order chi connectivity index (χ1) is 9.15. The van der Waals surface area contributed by atoms with Gasteiger partial charge in [-0.3, -0.25) is 14.5 Å². The van der Waals surface area contributed by atoms with Crippen molar-refractivity contribution in [1.29, 1.82) is 0 Å². The highest BCUT2D eigenvalue weighted by atomic mass is 32.1. The third-order valence-electron chi connectivity index (χ3n) is 4.00. The predicted molar refractivity (Wildman–Crippen MR) is 70.0 cm³/mol. The lowest BCUT2D eigenvalue weighted by molar-refractivity contribution is -0.142. The molecule has 2 fully saturated rings. The van der Waals surface area contributed by atoms with Crippen molar-refractivity contribution in [3.8, 4) is 0 Å². The van der Waals surface area contributed by atoms with Gasteiger partial charge in [-0.15, -0.1) is 11.3 Å². The zero-order valence-corrected chi connectivity index (χ0v) is 11.1. The molecule has 3 heterocycles. The highest BCUT2D eigenvalue weighted by Gasteiger charge is 2.49. The number of carboxylic acid groups (broad SMARTS) is 1. The number of hydrogen-bond donors (Lipinski definition) is 2. The van der Waals surface area contributed by atoms with Crippen molar-refractivity contribution < 1.29 is 14.7 Å². The summed E-state index contributed by atoms with van der Waals surface area (Å²) in [5, 5.41) is 14.3. The molecular weight excluding hydrogens is 266 g/mol. The molecule has 7 heteroatoms. The van der Waals surface area contributed by atoms with Crippen LogP contribution in [0.15, 0.2) is 11.6 Å². The number of thiazole rings is 1. The van der Waals surface area contributed by atoms with Gasteiger partial charge in [0.15, 0.2) is 5.13 Å². The number of carboxylic acids is 1. The Morgan fingerprint density at radius 1 is 1.53 bits per heavy atom. The number of anilines is 1. The number of amides is 1. The summed E-state index contributed by atoms with van der Waals surface area (Å²) >= 11 is 1.38. The average molecular weight is 281 g/mol. The van der Waals surface area contributed by atoms with E-state index < -0.39 is 5.97 Å². The van der Waals surface area contributed by atoms with Gasteiger partial charge in [0.1, 0.15) is 0 Å². The summed E-state index contributed by atoms with van der Waals surface area (Å²) in [4.78, 5) is 29.1. The van der Waals surface area contributed by atoms with Crippen LogP contribution in [0.3, 0.4) is 0 Å². The van der Waals surface area contributed by atoms with Gasteiger partial charge < -0.3 is 10.4 Å². The number of rotatable bonds is 4. The molecule has 2 bridgehead atoms. The molecule has 2 saturated heterocycles. The third kappa shape index (κ3) is 2.35. The number of hydrogen-bond acceptors (Lipinski definition) is 5. The second-order valence-corrected chi connectivity index (χ2v) is 5.93. The van der Waals surface area contributed by atoms with Gasteiger partial charge in [-0.2, -0.15) is 0 Å². The monoisotopic (exact) mass is 281 g/mol. The molecule has 0 saturated carbocycles. The molecule has 2 aliphatic heterocycles. The van der Waals surface area contributed by atoms with E-state index in [4.69, 9.17) is 5.11 Å². The molecule has 0 aliphatic carbocycles. The molecule has 0 radical (unpaired) electrons. The van der Waals surface area contributed by atoms with Gasteiger partial charge in [0.2, 0.25) is 5.91 Å². The standard InChI is InChI=1S/C12H15N3O3S/c16-10(14-12-13-3-4-19-12)6-15-7-1-2-9(15)8(5-7)11(17)18/h3-4,7-9H,1-2,5-6H2,(H,17,18)(H,13,14,16). The fourth-order valence-electron chi connectivity index (χ4n) is 3.22. The molecule has 3 atom stereocenters. The molecule has 0 aromatic carbocycles. The second-order valence-electron chi connectivity index (χ2n) is 5.04. The lowest BCUT2D eigenvalue weighted by Gasteiger charge is -2.21. The summed E-state index contributed by atoms with van der Waals surface area (Å²) in [7, 11) is 0. The predicted octanol–water partition coefficient (Wildman–Crippen LogP) is 1.02. The quantitative estimate of drug-likeness (QED) is 0.861. The van der Waals surface area contributed by atoms with Crippen LogP contribution in [0.25, 0.3) is 0 Å². The van der Waals surface area contributed by atoms with Crippen molar-refractivity contribution in [3.05, 3.63) is 11.6 Å². The maximum absolute atomic E-state index is 11.9. The van der Waals surface area contributed by atoms with Crippen molar-refractivity contribution in [2.24, 2.45) is 5.92 Å². The van der Waals surface area contributed by atoms with Crippen molar-refractivity contribution in [3.63, 3.8) is 0 Å².